The summed E-state index contributed by atoms with van der Waals surface area (Å²) >= 11 is 5.68. The Morgan fingerprint density at radius 1 is 1.39 bits per heavy atom. The van der Waals surface area contributed by atoms with Crippen molar-refractivity contribution >= 4 is 33.4 Å². The van der Waals surface area contributed by atoms with Gasteiger partial charge in [-0.2, -0.15) is 11.8 Å². The number of halogens is 1. The van der Waals surface area contributed by atoms with E-state index in [4.69, 9.17) is 0 Å². The quantitative estimate of drug-likeness (QED) is 0.893. The van der Waals surface area contributed by atoms with Crippen molar-refractivity contribution in [1.82, 2.24) is 5.32 Å². The number of thioether (sulfide) groups is 1. The predicted molar refractivity (Wildman–Crippen MR) is 83.9 cm³/mol. The Bertz CT molecular complexity index is 464. The Morgan fingerprint density at radius 3 is 3.17 bits per heavy atom. The fourth-order valence-corrected chi connectivity index (χ4v) is 4.32. The van der Waals surface area contributed by atoms with Crippen molar-refractivity contribution in [3.05, 3.63) is 39.9 Å². The maximum atomic E-state index is 3.66. The van der Waals surface area contributed by atoms with Gasteiger partial charge in [-0.1, -0.05) is 28.1 Å². The third kappa shape index (κ3) is 2.77. The molecule has 1 nitrogen and oxygen atoms in total. The van der Waals surface area contributed by atoms with Crippen LogP contribution in [0.5, 0.6) is 0 Å². The summed E-state index contributed by atoms with van der Waals surface area (Å²) in [5.41, 5.74) is 4.21. The van der Waals surface area contributed by atoms with E-state index < -0.39 is 0 Å². The van der Waals surface area contributed by atoms with Gasteiger partial charge >= 0.3 is 0 Å². The fourth-order valence-electron chi connectivity index (χ4n) is 2.71. The van der Waals surface area contributed by atoms with Crippen molar-refractivity contribution in [2.45, 2.75) is 30.9 Å². The fraction of sp³-hybridized carbons (Fsp3) is 0.467. The van der Waals surface area contributed by atoms with Crippen molar-refractivity contribution in [3.63, 3.8) is 0 Å². The lowest BCUT2D eigenvalue weighted by Crippen LogP contribution is -2.23. The van der Waals surface area contributed by atoms with Gasteiger partial charge in [0, 0.05) is 27.5 Å². The van der Waals surface area contributed by atoms with E-state index >= 15 is 0 Å². The molecular formula is C15H18BrNS. The molecule has 0 saturated carbocycles. The lowest BCUT2D eigenvalue weighted by atomic mass is 9.95. The second kappa shape index (κ2) is 5.70. The number of hydrogen-bond acceptors (Lipinski definition) is 2. The molecule has 0 aromatic heterocycles. The molecule has 1 aromatic rings. The van der Waals surface area contributed by atoms with Crippen LogP contribution >= 0.6 is 27.7 Å². The van der Waals surface area contributed by atoms with Crippen LogP contribution in [0.4, 0.5) is 0 Å². The average molecular weight is 324 g/mol. The van der Waals surface area contributed by atoms with Crippen LogP contribution in [0.1, 0.15) is 30.4 Å². The van der Waals surface area contributed by atoms with Gasteiger partial charge in [0.2, 0.25) is 0 Å². The zero-order valence-electron chi connectivity index (χ0n) is 10.4. The molecule has 0 radical (unpaired) electrons. The number of fused-ring (bicyclic) bond motifs is 1. The summed E-state index contributed by atoms with van der Waals surface area (Å²) in [4.78, 5) is 0. The van der Waals surface area contributed by atoms with Gasteiger partial charge in [-0.05, 0) is 49.1 Å². The first-order chi connectivity index (χ1) is 8.83. The van der Waals surface area contributed by atoms with Gasteiger partial charge in [-0.25, -0.2) is 0 Å². The van der Waals surface area contributed by atoms with E-state index in [1.807, 2.05) is 0 Å². The van der Waals surface area contributed by atoms with Crippen LogP contribution in [0.2, 0.25) is 0 Å². The summed E-state index contributed by atoms with van der Waals surface area (Å²) in [5.74, 6) is 1.34. The summed E-state index contributed by atoms with van der Waals surface area (Å²) in [6, 6.07) is 6.64. The molecule has 1 fully saturated rings. The maximum absolute atomic E-state index is 3.66. The van der Waals surface area contributed by atoms with Crippen molar-refractivity contribution in [2.24, 2.45) is 0 Å². The van der Waals surface area contributed by atoms with Crippen LogP contribution in [0.15, 0.2) is 28.7 Å². The number of benzene rings is 1. The van der Waals surface area contributed by atoms with E-state index in [1.165, 1.54) is 39.9 Å². The molecule has 96 valence electrons. The van der Waals surface area contributed by atoms with Gasteiger partial charge in [0.05, 0.1) is 0 Å². The molecule has 1 heterocycles. The largest absolute Gasteiger partial charge is 0.384 e. The second-order valence-corrected chi connectivity index (χ2v) is 7.30. The van der Waals surface area contributed by atoms with E-state index in [2.05, 4.69) is 57.3 Å². The minimum Gasteiger partial charge on any atom is -0.384 e. The SMILES string of the molecule is Brc1ccc2c(c1)CCC=C2NC[C@@H]1CCCS1. The van der Waals surface area contributed by atoms with Gasteiger partial charge in [-0.15, -0.1) is 0 Å². The number of aryl methyl sites for hydroxylation is 1. The highest BCUT2D eigenvalue weighted by atomic mass is 79.9. The van der Waals surface area contributed by atoms with Gasteiger partial charge < -0.3 is 5.32 Å². The Labute approximate surface area is 122 Å². The van der Waals surface area contributed by atoms with E-state index in [9.17, 15) is 0 Å². The summed E-state index contributed by atoms with van der Waals surface area (Å²) in [6.07, 6.45) is 7.44. The number of rotatable bonds is 3. The lowest BCUT2D eigenvalue weighted by Gasteiger charge is -2.21. The third-order valence-corrected chi connectivity index (χ3v) is 5.56. The topological polar surface area (TPSA) is 12.0 Å². The molecule has 18 heavy (non-hydrogen) atoms. The number of hydrogen-bond donors (Lipinski definition) is 1. The summed E-state index contributed by atoms with van der Waals surface area (Å²) in [7, 11) is 0. The molecule has 1 aromatic carbocycles. The summed E-state index contributed by atoms with van der Waals surface area (Å²) in [6.45, 7) is 1.12. The van der Waals surface area contributed by atoms with E-state index in [1.54, 1.807) is 0 Å². The van der Waals surface area contributed by atoms with E-state index in [0.717, 1.165) is 24.6 Å². The van der Waals surface area contributed by atoms with E-state index in [0.29, 0.717) is 0 Å². The molecule has 0 amide bonds. The zero-order chi connectivity index (χ0) is 12.4. The Balaban J connectivity index is 1.71. The molecular weight excluding hydrogens is 306 g/mol. The van der Waals surface area contributed by atoms with Crippen LogP contribution < -0.4 is 5.32 Å². The van der Waals surface area contributed by atoms with Gasteiger partial charge in [-0.3, -0.25) is 0 Å². The summed E-state index contributed by atoms with van der Waals surface area (Å²) in [5, 5.41) is 4.48. The van der Waals surface area contributed by atoms with E-state index in [-0.39, 0.29) is 0 Å². The summed E-state index contributed by atoms with van der Waals surface area (Å²) < 4.78 is 1.19. The molecule has 1 aliphatic carbocycles. The molecule has 0 bridgehead atoms. The van der Waals surface area contributed by atoms with Crippen LogP contribution in [-0.2, 0) is 6.42 Å². The van der Waals surface area contributed by atoms with Gasteiger partial charge in [0.25, 0.3) is 0 Å². The molecule has 1 saturated heterocycles. The molecule has 0 unspecified atom stereocenters. The first-order valence-corrected chi connectivity index (χ1v) is 8.51. The third-order valence-electron chi connectivity index (χ3n) is 3.66. The monoisotopic (exact) mass is 323 g/mol. The number of nitrogens with one attached hydrogen (secondary N) is 1. The highest BCUT2D eigenvalue weighted by Crippen LogP contribution is 2.29. The number of allylic oxidation sites excluding steroid dienone is 1. The predicted octanol–water partition coefficient (Wildman–Crippen LogP) is 4.22. The highest BCUT2D eigenvalue weighted by Gasteiger charge is 2.17. The van der Waals surface area contributed by atoms with Crippen molar-refractivity contribution in [1.29, 1.82) is 0 Å². The van der Waals surface area contributed by atoms with Crippen molar-refractivity contribution in [2.75, 3.05) is 12.3 Å². The minimum atomic E-state index is 0.812. The molecule has 2 aliphatic rings. The van der Waals surface area contributed by atoms with Crippen LogP contribution in [-0.4, -0.2) is 17.5 Å². The molecule has 1 aliphatic heterocycles. The first kappa shape index (κ1) is 12.6. The maximum Gasteiger partial charge on any atom is 0.0376 e. The minimum absolute atomic E-state index is 0.812. The van der Waals surface area contributed by atoms with Gasteiger partial charge in [0.15, 0.2) is 0 Å². The first-order valence-electron chi connectivity index (χ1n) is 6.67. The van der Waals surface area contributed by atoms with Gasteiger partial charge in [0.1, 0.15) is 0 Å². The Kier molecular flexibility index (Phi) is 4.00. The highest BCUT2D eigenvalue weighted by molar-refractivity contribution is 9.10. The second-order valence-electron chi connectivity index (χ2n) is 4.97. The smallest absolute Gasteiger partial charge is 0.0376 e. The molecule has 1 atom stereocenters. The van der Waals surface area contributed by atoms with Crippen molar-refractivity contribution in [3.8, 4) is 0 Å². The average Bonchev–Trinajstić information content (AvgIpc) is 2.89. The molecule has 0 spiro atoms. The molecule has 3 heteroatoms. The standard InChI is InChI=1S/C15H18BrNS/c16-12-6-7-14-11(9-12)3-1-5-15(14)17-10-13-4-2-8-18-13/h5-7,9,13,17H,1-4,8,10H2/t13-/m0/s1. The Morgan fingerprint density at radius 2 is 2.33 bits per heavy atom. The lowest BCUT2D eigenvalue weighted by molar-refractivity contribution is 0.734. The van der Waals surface area contributed by atoms with Crippen LogP contribution in [0.25, 0.3) is 5.70 Å². The van der Waals surface area contributed by atoms with Crippen LogP contribution in [0.3, 0.4) is 0 Å². The molecule has 1 N–H and O–H groups in total. The van der Waals surface area contributed by atoms with Crippen molar-refractivity contribution < 1.29 is 0 Å². The van der Waals surface area contributed by atoms with Crippen LogP contribution in [0, 0.1) is 0 Å². The normalized spacial score (nSPS) is 22.5. The zero-order valence-corrected chi connectivity index (χ0v) is 12.8. The Hall–Kier alpha value is -0.410. The molecule has 3 rings (SSSR count).